The molecule has 2 aromatic carbocycles. The number of carboxylic acids is 1. The fraction of sp³-hybridized carbons (Fsp3) is 0.560. The van der Waals surface area contributed by atoms with E-state index < -0.39 is 47.7 Å². The maximum absolute atomic E-state index is 14.8. The fourth-order valence-electron chi connectivity index (χ4n) is 9.54. The highest BCUT2D eigenvalue weighted by molar-refractivity contribution is 5.96. The predicted octanol–water partition coefficient (Wildman–Crippen LogP) is 7.08. The van der Waals surface area contributed by atoms with Gasteiger partial charge in [-0.2, -0.15) is 0 Å². The first kappa shape index (κ1) is 47.9. The van der Waals surface area contributed by atoms with Gasteiger partial charge in [0, 0.05) is 68.8 Å². The van der Waals surface area contributed by atoms with Gasteiger partial charge < -0.3 is 34.5 Å². The number of carbonyl (C=O) groups excluding carboxylic acids is 2. The molecule has 3 fully saturated rings. The molecule has 5 heterocycles. The first-order chi connectivity index (χ1) is 30.9. The number of aliphatic hydroxyl groups is 1. The minimum absolute atomic E-state index is 0.00643. The molecule has 0 aliphatic carbocycles. The number of alkyl carbamates (subject to hydrolysis) is 1. The van der Waals surface area contributed by atoms with E-state index in [0.717, 1.165) is 89.6 Å². The van der Waals surface area contributed by atoms with Crippen molar-refractivity contribution in [3.8, 4) is 22.4 Å². The number of nitrogens with one attached hydrogen (secondary N) is 2. The van der Waals surface area contributed by atoms with Crippen LogP contribution < -0.4 is 15.6 Å². The molecule has 65 heavy (non-hydrogen) atoms. The second-order valence-electron chi connectivity index (χ2n) is 20.0. The fourth-order valence-corrected chi connectivity index (χ4v) is 9.54. The summed E-state index contributed by atoms with van der Waals surface area (Å²) in [7, 11) is 0. The van der Waals surface area contributed by atoms with Crippen LogP contribution in [-0.4, -0.2) is 124 Å². The van der Waals surface area contributed by atoms with E-state index >= 15 is 0 Å². The molecule has 0 spiro atoms. The number of amides is 2. The van der Waals surface area contributed by atoms with Crippen LogP contribution in [0.5, 0.6) is 0 Å². The Hall–Kier alpha value is -5.09. The van der Waals surface area contributed by atoms with E-state index in [1.165, 1.54) is 5.01 Å². The van der Waals surface area contributed by atoms with E-state index in [4.69, 9.17) is 14.5 Å². The molecule has 0 unspecified atom stereocenters. The first-order valence-electron chi connectivity index (χ1n) is 23.2. The quantitative estimate of drug-likeness (QED) is 0.102. The van der Waals surface area contributed by atoms with Gasteiger partial charge in [0.05, 0.1) is 42.5 Å². The number of hydrogen-bond acceptors (Lipinski definition) is 10. The number of nitrogens with zero attached hydrogens (tertiary/aromatic N) is 5. The number of carbonyl (C=O) groups is 3. The normalized spacial score (nSPS) is 19.1. The van der Waals surface area contributed by atoms with Crippen LogP contribution in [0.2, 0.25) is 0 Å². The van der Waals surface area contributed by atoms with Crippen LogP contribution in [0.25, 0.3) is 33.3 Å². The number of morpholine rings is 1. The number of hydrazine groups is 1. The Labute approximate surface area is 382 Å². The number of aliphatic carboxylic acids is 1. The highest BCUT2D eigenvalue weighted by Gasteiger charge is 2.35. The average Bonchev–Trinajstić information content (AvgIpc) is 3.58. The van der Waals surface area contributed by atoms with E-state index in [1.807, 2.05) is 24.4 Å². The summed E-state index contributed by atoms with van der Waals surface area (Å²) in [5, 5.41) is 25.4. The van der Waals surface area contributed by atoms with E-state index in [9.17, 15) is 29.0 Å². The van der Waals surface area contributed by atoms with Gasteiger partial charge >= 0.3 is 12.1 Å². The van der Waals surface area contributed by atoms with Crippen molar-refractivity contribution in [2.75, 3.05) is 57.4 Å². The molecule has 3 aliphatic heterocycles. The summed E-state index contributed by atoms with van der Waals surface area (Å²) in [6.07, 6.45) is 2.61. The van der Waals surface area contributed by atoms with E-state index in [1.54, 1.807) is 26.8 Å². The first-order valence-corrected chi connectivity index (χ1v) is 23.2. The minimum Gasteiger partial charge on any atom is -0.480 e. The third-order valence-electron chi connectivity index (χ3n) is 12.8. The van der Waals surface area contributed by atoms with Crippen molar-refractivity contribution in [1.29, 1.82) is 0 Å². The van der Waals surface area contributed by atoms with Crippen LogP contribution in [0.1, 0.15) is 96.5 Å². The lowest BCUT2D eigenvalue weighted by Crippen LogP contribution is -2.60. The monoisotopic (exact) mass is 898 g/mol. The lowest BCUT2D eigenvalue weighted by Gasteiger charge is -2.44. The molecule has 15 heteroatoms. The number of fused-ring (bicyclic) bond motifs is 2. The van der Waals surface area contributed by atoms with E-state index in [2.05, 4.69) is 77.9 Å². The molecule has 7 rings (SSSR count). The summed E-state index contributed by atoms with van der Waals surface area (Å²) in [5.74, 6) is -1.47. The Morgan fingerprint density at radius 3 is 2.48 bits per heavy atom. The maximum Gasteiger partial charge on any atom is 0.408 e. The van der Waals surface area contributed by atoms with Crippen molar-refractivity contribution in [1.82, 2.24) is 30.2 Å². The SMILES string of the molecule is CCn1c(-c2cc(N3CCN4CCOC[C@@H]4C3)cnc2C(C)C)c(CC(C)(C)CO)c2cc(-c3cc(CF)cc(C[C@H](NC(=O)OC(C)(C)C)C(=O)N4CCC[C@@H](C(=O)O)N4)c3)ccc21. The summed E-state index contributed by atoms with van der Waals surface area (Å²) in [4.78, 5) is 49.3. The number of aromatic nitrogens is 2. The summed E-state index contributed by atoms with van der Waals surface area (Å²) < 4.78 is 28.6. The van der Waals surface area contributed by atoms with Gasteiger partial charge in [0.2, 0.25) is 0 Å². The zero-order valence-corrected chi connectivity index (χ0v) is 39.4. The number of alkyl halides is 1. The van der Waals surface area contributed by atoms with Gasteiger partial charge in [-0.1, -0.05) is 45.9 Å². The molecule has 4 aromatic rings. The Morgan fingerprint density at radius 1 is 1.02 bits per heavy atom. The molecule has 14 nitrogen and oxygen atoms in total. The molecule has 0 bridgehead atoms. The third kappa shape index (κ3) is 11.0. The number of aliphatic hydroxyl groups excluding tert-OH is 1. The summed E-state index contributed by atoms with van der Waals surface area (Å²) in [6.45, 7) is 21.1. The Morgan fingerprint density at radius 2 is 1.78 bits per heavy atom. The van der Waals surface area contributed by atoms with Gasteiger partial charge in [-0.25, -0.2) is 14.6 Å². The van der Waals surface area contributed by atoms with Gasteiger partial charge in [0.15, 0.2) is 0 Å². The molecular formula is C50H68FN7O7. The number of anilines is 1. The predicted molar refractivity (Wildman–Crippen MR) is 251 cm³/mol. The number of ether oxygens (including phenoxy) is 2. The van der Waals surface area contributed by atoms with Crippen molar-refractivity contribution >= 4 is 34.6 Å². The number of rotatable bonds is 14. The number of pyridine rings is 1. The molecule has 4 N–H and O–H groups in total. The number of halogens is 1. The third-order valence-corrected chi connectivity index (χ3v) is 12.8. The topological polar surface area (TPSA) is 162 Å². The lowest BCUT2D eigenvalue weighted by molar-refractivity contribution is -0.147. The molecule has 3 saturated heterocycles. The van der Waals surface area contributed by atoms with Gasteiger partial charge in [0.25, 0.3) is 5.91 Å². The van der Waals surface area contributed by atoms with Crippen molar-refractivity contribution in [3.05, 3.63) is 71.0 Å². The van der Waals surface area contributed by atoms with Crippen LogP contribution in [0.15, 0.2) is 48.7 Å². The zero-order chi connectivity index (χ0) is 46.8. The second-order valence-corrected chi connectivity index (χ2v) is 20.0. The second kappa shape index (κ2) is 19.8. The van der Waals surface area contributed by atoms with Gasteiger partial charge in [-0.15, -0.1) is 0 Å². The van der Waals surface area contributed by atoms with Crippen molar-refractivity contribution < 1.29 is 38.5 Å². The molecule has 0 saturated carbocycles. The number of hydrogen-bond donors (Lipinski definition) is 4. The summed E-state index contributed by atoms with van der Waals surface area (Å²) in [6, 6.07) is 12.2. The molecule has 2 amide bonds. The number of benzene rings is 2. The van der Waals surface area contributed by atoms with Crippen molar-refractivity contribution in [2.45, 2.75) is 124 Å². The van der Waals surface area contributed by atoms with Gasteiger partial charge in [0.1, 0.15) is 24.4 Å². The van der Waals surface area contributed by atoms with Gasteiger partial charge in [-0.05, 0) is 110 Å². The number of piperazine rings is 1. The Balaban J connectivity index is 1.31. The molecular weight excluding hydrogens is 830 g/mol. The smallest absolute Gasteiger partial charge is 0.408 e. The van der Waals surface area contributed by atoms with Crippen molar-refractivity contribution in [3.63, 3.8) is 0 Å². The van der Waals surface area contributed by atoms with Crippen LogP contribution in [0.3, 0.4) is 0 Å². The van der Waals surface area contributed by atoms with Crippen LogP contribution in [0.4, 0.5) is 14.9 Å². The van der Waals surface area contributed by atoms with Crippen LogP contribution >= 0.6 is 0 Å². The Kier molecular flexibility index (Phi) is 14.6. The van der Waals surface area contributed by atoms with Crippen LogP contribution in [-0.2, 0) is 45.1 Å². The minimum atomic E-state index is -1.15. The Bertz CT molecular complexity index is 2380. The van der Waals surface area contributed by atoms with E-state index in [0.29, 0.717) is 43.0 Å². The molecule has 0 radical (unpaired) electrons. The average molecular weight is 898 g/mol. The largest absolute Gasteiger partial charge is 0.480 e. The number of aryl methyl sites for hydroxylation is 1. The zero-order valence-electron chi connectivity index (χ0n) is 39.4. The molecule has 352 valence electrons. The maximum atomic E-state index is 14.8. The highest BCUT2D eigenvalue weighted by Crippen LogP contribution is 2.43. The van der Waals surface area contributed by atoms with Gasteiger partial charge in [-0.3, -0.25) is 24.5 Å². The summed E-state index contributed by atoms with van der Waals surface area (Å²) in [5.41, 5.74) is 10.4. The number of carboxylic acid groups (broad SMARTS) is 1. The standard InChI is InChI=1S/C50H68FN7O7/c1-9-57-43-13-12-34(35-20-32(19-33(21-35)26-51)22-42(53-48(63)65-49(4,5)6)46(60)58-14-10-11-41(54-58)47(61)62)23-38(43)40(25-50(7,8)30-59)45(57)39-24-36(27-52-44(39)31(2)3)56-16-15-55-17-18-64-29-37(55)28-56/h12-13,19-21,23-24,27,31,37,41-42,54,59H,9-11,14-18,22,25-26,28-30H2,1-8H3,(H,53,63)(H,61,62)/t37-,41-,42-/m0/s1. The highest BCUT2D eigenvalue weighted by atomic mass is 19.1. The summed E-state index contributed by atoms with van der Waals surface area (Å²) >= 11 is 0. The van der Waals surface area contributed by atoms with Crippen LogP contribution in [0, 0.1) is 5.41 Å². The molecule has 3 aliphatic rings. The lowest BCUT2D eigenvalue weighted by atomic mass is 9.84. The molecule has 2 aromatic heterocycles. The molecule has 3 atom stereocenters. The van der Waals surface area contributed by atoms with Crippen molar-refractivity contribution in [2.24, 2.45) is 5.41 Å². The van der Waals surface area contributed by atoms with E-state index in [-0.39, 0.29) is 25.5 Å².